The number of ether oxygens (including phenoxy) is 1. The number of carbonyl (C=O) groups is 2. The molecule has 0 bridgehead atoms. The minimum absolute atomic E-state index is 0.0501. The number of nitrogens with zero attached hydrogens (tertiary/aromatic N) is 2. The highest BCUT2D eigenvalue weighted by atomic mass is 16.5. The van der Waals surface area contributed by atoms with Crippen LogP contribution in [-0.2, 0) is 22.7 Å². The first-order chi connectivity index (χ1) is 13.5. The molecular weight excluding hydrogens is 356 g/mol. The average Bonchev–Trinajstić information content (AvgIpc) is 3.04. The summed E-state index contributed by atoms with van der Waals surface area (Å²) in [7, 11) is 0. The summed E-state index contributed by atoms with van der Waals surface area (Å²) in [5.41, 5.74) is 3.60. The van der Waals surface area contributed by atoms with Crippen LogP contribution >= 0.6 is 0 Å². The molecule has 2 amide bonds. The third kappa shape index (κ3) is 3.43. The third-order valence-corrected chi connectivity index (χ3v) is 4.82. The van der Waals surface area contributed by atoms with Crippen LogP contribution in [0.5, 0.6) is 5.75 Å². The fourth-order valence-corrected chi connectivity index (χ4v) is 3.43. The number of anilines is 1. The summed E-state index contributed by atoms with van der Waals surface area (Å²) in [6.07, 6.45) is -0.897. The molecule has 0 saturated heterocycles. The van der Waals surface area contributed by atoms with Crippen molar-refractivity contribution >= 4 is 28.5 Å². The van der Waals surface area contributed by atoms with Gasteiger partial charge in [-0.3, -0.25) is 9.59 Å². The van der Waals surface area contributed by atoms with E-state index < -0.39 is 6.10 Å². The molecule has 28 heavy (non-hydrogen) atoms. The van der Waals surface area contributed by atoms with Crippen LogP contribution in [0.3, 0.4) is 0 Å². The van der Waals surface area contributed by atoms with Crippen LogP contribution in [0.25, 0.3) is 11.0 Å². The van der Waals surface area contributed by atoms with Gasteiger partial charge in [0, 0.05) is 6.54 Å². The van der Waals surface area contributed by atoms with Gasteiger partial charge in [-0.15, -0.1) is 0 Å². The highest BCUT2D eigenvalue weighted by Crippen LogP contribution is 2.31. The zero-order chi connectivity index (χ0) is 19.7. The molecule has 7 heteroatoms. The summed E-state index contributed by atoms with van der Waals surface area (Å²) in [6, 6.07) is 13.4. The molecule has 0 radical (unpaired) electrons. The van der Waals surface area contributed by atoms with Gasteiger partial charge in [-0.2, -0.15) is 0 Å². The van der Waals surface area contributed by atoms with Crippen molar-refractivity contribution < 1.29 is 14.3 Å². The number of aromatic nitrogens is 2. The monoisotopic (exact) mass is 378 g/mol. The molecule has 2 aromatic carbocycles. The fraction of sp³-hybridized carbons (Fsp3) is 0.286. The maximum absolute atomic E-state index is 12.4. The van der Waals surface area contributed by atoms with E-state index in [0.717, 1.165) is 29.0 Å². The third-order valence-electron chi connectivity index (χ3n) is 4.82. The molecule has 3 aromatic rings. The van der Waals surface area contributed by atoms with Gasteiger partial charge in [0.15, 0.2) is 6.10 Å². The van der Waals surface area contributed by atoms with E-state index in [1.54, 1.807) is 6.07 Å². The van der Waals surface area contributed by atoms with Gasteiger partial charge in [-0.05, 0) is 43.7 Å². The number of hydrogen-bond donors (Lipinski definition) is 2. The molecular formula is C21H22N4O3. The molecule has 1 aromatic heterocycles. The number of carbonyl (C=O) groups excluding carboxylic acids is 2. The van der Waals surface area contributed by atoms with Gasteiger partial charge in [0.1, 0.15) is 11.6 Å². The second kappa shape index (κ2) is 7.34. The molecule has 1 aliphatic rings. The quantitative estimate of drug-likeness (QED) is 0.715. The number of rotatable bonds is 5. The Kier molecular flexibility index (Phi) is 4.73. The van der Waals surface area contributed by atoms with Crippen molar-refractivity contribution in [2.75, 3.05) is 5.32 Å². The van der Waals surface area contributed by atoms with Crippen LogP contribution in [0.1, 0.15) is 24.7 Å². The Bertz CT molecular complexity index is 1060. The van der Waals surface area contributed by atoms with Crippen molar-refractivity contribution in [3.63, 3.8) is 0 Å². The topological polar surface area (TPSA) is 85.3 Å². The van der Waals surface area contributed by atoms with E-state index in [4.69, 9.17) is 4.74 Å². The van der Waals surface area contributed by atoms with Gasteiger partial charge in [0.05, 0.1) is 29.7 Å². The van der Waals surface area contributed by atoms with E-state index in [-0.39, 0.29) is 18.2 Å². The van der Waals surface area contributed by atoms with Crippen LogP contribution in [0.15, 0.2) is 42.5 Å². The van der Waals surface area contributed by atoms with Crippen molar-refractivity contribution in [2.45, 2.75) is 39.5 Å². The van der Waals surface area contributed by atoms with Crippen LogP contribution in [0, 0.1) is 6.92 Å². The Morgan fingerprint density at radius 1 is 1.29 bits per heavy atom. The van der Waals surface area contributed by atoms with Gasteiger partial charge in [0.25, 0.3) is 5.91 Å². The van der Waals surface area contributed by atoms with Gasteiger partial charge >= 0.3 is 0 Å². The summed E-state index contributed by atoms with van der Waals surface area (Å²) < 4.78 is 7.79. The summed E-state index contributed by atoms with van der Waals surface area (Å²) in [5, 5.41) is 5.66. The van der Waals surface area contributed by atoms with Crippen molar-refractivity contribution in [1.82, 2.24) is 14.9 Å². The zero-order valence-electron chi connectivity index (χ0n) is 15.9. The number of hydrogen-bond acceptors (Lipinski definition) is 4. The van der Waals surface area contributed by atoms with Crippen LogP contribution in [0.4, 0.5) is 5.69 Å². The SMILES string of the molecule is CCn1c(CNC(=O)CC2Oc3ccc(C)cc3NC2=O)nc2ccccc21. The summed E-state index contributed by atoms with van der Waals surface area (Å²) in [5.74, 6) is 0.794. The Hall–Kier alpha value is -3.35. The minimum Gasteiger partial charge on any atom is -0.478 e. The van der Waals surface area contributed by atoms with Crippen molar-refractivity contribution in [2.24, 2.45) is 0 Å². The lowest BCUT2D eigenvalue weighted by Gasteiger charge is -2.25. The van der Waals surface area contributed by atoms with Crippen LogP contribution < -0.4 is 15.4 Å². The molecule has 2 N–H and O–H groups in total. The van der Waals surface area contributed by atoms with Gasteiger partial charge in [-0.25, -0.2) is 4.98 Å². The molecule has 7 nitrogen and oxygen atoms in total. The number of benzene rings is 2. The first-order valence-electron chi connectivity index (χ1n) is 9.34. The number of aryl methyl sites for hydroxylation is 2. The summed E-state index contributed by atoms with van der Waals surface area (Å²) >= 11 is 0. The lowest BCUT2D eigenvalue weighted by Crippen LogP contribution is -2.41. The molecule has 0 fully saturated rings. The molecule has 1 aliphatic heterocycles. The lowest BCUT2D eigenvalue weighted by atomic mass is 10.1. The molecule has 1 atom stereocenters. The first-order valence-corrected chi connectivity index (χ1v) is 9.34. The van der Waals surface area contributed by atoms with E-state index in [9.17, 15) is 9.59 Å². The van der Waals surface area contributed by atoms with Gasteiger partial charge in [0.2, 0.25) is 5.91 Å². The van der Waals surface area contributed by atoms with Crippen LogP contribution in [-0.4, -0.2) is 27.5 Å². The van der Waals surface area contributed by atoms with E-state index in [1.807, 2.05) is 50.2 Å². The van der Waals surface area contributed by atoms with E-state index in [1.165, 1.54) is 0 Å². The smallest absolute Gasteiger partial charge is 0.266 e. The Balaban J connectivity index is 1.41. The summed E-state index contributed by atoms with van der Waals surface area (Å²) in [6.45, 7) is 5.04. The van der Waals surface area contributed by atoms with E-state index in [0.29, 0.717) is 18.0 Å². The number of fused-ring (bicyclic) bond motifs is 2. The van der Waals surface area contributed by atoms with Gasteiger partial charge < -0.3 is 19.9 Å². The largest absolute Gasteiger partial charge is 0.478 e. The zero-order valence-corrected chi connectivity index (χ0v) is 15.9. The number of amides is 2. The van der Waals surface area contributed by atoms with Crippen molar-refractivity contribution in [3.8, 4) is 5.75 Å². The molecule has 0 aliphatic carbocycles. The maximum atomic E-state index is 12.4. The molecule has 0 spiro atoms. The average molecular weight is 378 g/mol. The summed E-state index contributed by atoms with van der Waals surface area (Å²) in [4.78, 5) is 29.3. The second-order valence-corrected chi connectivity index (χ2v) is 6.84. The molecule has 144 valence electrons. The fourth-order valence-electron chi connectivity index (χ4n) is 3.43. The highest BCUT2D eigenvalue weighted by Gasteiger charge is 2.29. The van der Waals surface area contributed by atoms with Crippen molar-refractivity contribution in [1.29, 1.82) is 0 Å². The molecule has 1 unspecified atom stereocenters. The molecule has 0 saturated carbocycles. The van der Waals surface area contributed by atoms with E-state index >= 15 is 0 Å². The predicted octanol–water partition coefficient (Wildman–Crippen LogP) is 2.77. The lowest BCUT2D eigenvalue weighted by molar-refractivity contribution is -0.130. The standard InChI is InChI=1S/C21H22N4O3/c1-3-25-16-7-5-4-6-14(16)23-19(25)12-22-20(26)11-18-21(27)24-15-10-13(2)8-9-17(15)28-18/h4-10,18H,3,11-12H2,1-2H3,(H,22,26)(H,24,27). The Labute approximate surface area is 162 Å². The van der Waals surface area contributed by atoms with Gasteiger partial charge in [-0.1, -0.05) is 18.2 Å². The maximum Gasteiger partial charge on any atom is 0.266 e. The Morgan fingerprint density at radius 2 is 2.11 bits per heavy atom. The second-order valence-electron chi connectivity index (χ2n) is 6.84. The first kappa shape index (κ1) is 18.0. The van der Waals surface area contributed by atoms with Crippen LogP contribution in [0.2, 0.25) is 0 Å². The van der Waals surface area contributed by atoms with Crippen molar-refractivity contribution in [3.05, 3.63) is 53.9 Å². The number of imidazole rings is 1. The molecule has 4 rings (SSSR count). The highest BCUT2D eigenvalue weighted by molar-refractivity contribution is 6.00. The molecule has 2 heterocycles. The number of nitrogens with one attached hydrogen (secondary N) is 2. The minimum atomic E-state index is -0.847. The normalized spacial score (nSPS) is 15.6. The number of para-hydroxylation sites is 2. The van der Waals surface area contributed by atoms with E-state index in [2.05, 4.69) is 20.2 Å². The predicted molar refractivity (Wildman–Crippen MR) is 106 cm³/mol. The Morgan fingerprint density at radius 3 is 2.93 bits per heavy atom.